The van der Waals surface area contributed by atoms with E-state index in [4.69, 9.17) is 14.2 Å². The average molecular weight is 251 g/mol. The first-order valence-corrected chi connectivity index (χ1v) is 6.15. The van der Waals surface area contributed by atoms with Crippen molar-refractivity contribution in [2.24, 2.45) is 0 Å². The molecule has 0 saturated heterocycles. The molecule has 0 fully saturated rings. The molecule has 1 radical (unpaired) electrons. The van der Waals surface area contributed by atoms with Gasteiger partial charge in [-0.15, -0.1) is 0 Å². The molecular formula is C14H19O4. The van der Waals surface area contributed by atoms with Crippen molar-refractivity contribution < 1.29 is 19.0 Å². The number of carbonyl (C=O) groups excluding carboxylic acids is 1. The molecule has 0 aromatic heterocycles. The van der Waals surface area contributed by atoms with Gasteiger partial charge in [0.15, 0.2) is 0 Å². The average Bonchev–Trinajstić information content (AvgIpc) is 2.29. The van der Waals surface area contributed by atoms with Gasteiger partial charge in [0.1, 0.15) is 17.2 Å². The maximum Gasteiger partial charge on any atom is 0.315 e. The number of carbonyl (C=O) groups is 1. The maximum atomic E-state index is 11.4. The molecule has 18 heavy (non-hydrogen) atoms. The second-order valence-corrected chi connectivity index (χ2v) is 3.54. The summed E-state index contributed by atoms with van der Waals surface area (Å²) in [7, 11) is 0. The molecular weight excluding hydrogens is 232 g/mol. The van der Waals surface area contributed by atoms with E-state index in [1.165, 1.54) is 6.42 Å². The summed E-state index contributed by atoms with van der Waals surface area (Å²) in [6, 6.07) is 5.12. The lowest BCUT2D eigenvalue weighted by atomic mass is 10.3. The zero-order valence-corrected chi connectivity index (χ0v) is 11.1. The smallest absolute Gasteiger partial charge is 0.315 e. The number of ether oxygens (including phenoxy) is 3. The Balaban J connectivity index is 2.84. The number of rotatable bonds is 7. The molecule has 0 saturated carbocycles. The minimum atomic E-state index is -0.367. The van der Waals surface area contributed by atoms with E-state index in [2.05, 4.69) is 0 Å². The first-order chi connectivity index (χ1) is 8.69. The third-order valence-corrected chi connectivity index (χ3v) is 2.06. The third kappa shape index (κ3) is 4.65. The van der Waals surface area contributed by atoms with Gasteiger partial charge in [-0.1, -0.05) is 6.92 Å². The van der Waals surface area contributed by atoms with Gasteiger partial charge in [-0.05, 0) is 20.3 Å². The first kappa shape index (κ1) is 14.4. The Bertz CT molecular complexity index is 363. The molecule has 4 nitrogen and oxygen atoms in total. The Kier molecular flexibility index (Phi) is 6.05. The standard InChI is InChI=1S/C14H19O4/c1-4-7-14(15)18-13-9-11(16-5-2)8-12(10-13)17-6-3/h7-10H,4-6H2,1-3H3. The second-order valence-electron chi connectivity index (χ2n) is 3.54. The van der Waals surface area contributed by atoms with Crippen LogP contribution < -0.4 is 14.2 Å². The zero-order valence-electron chi connectivity index (χ0n) is 11.1. The molecule has 0 spiro atoms. The highest BCUT2D eigenvalue weighted by Gasteiger charge is 2.08. The Hall–Kier alpha value is -1.71. The van der Waals surface area contributed by atoms with Crippen molar-refractivity contribution in [2.45, 2.75) is 27.2 Å². The van der Waals surface area contributed by atoms with Crippen LogP contribution in [-0.4, -0.2) is 19.2 Å². The molecule has 1 aromatic rings. The lowest BCUT2D eigenvalue weighted by Crippen LogP contribution is -2.08. The van der Waals surface area contributed by atoms with Gasteiger partial charge < -0.3 is 14.2 Å². The molecule has 0 atom stereocenters. The number of hydrogen-bond donors (Lipinski definition) is 0. The van der Waals surface area contributed by atoms with Gasteiger partial charge in [-0.2, -0.15) is 0 Å². The van der Waals surface area contributed by atoms with Crippen molar-refractivity contribution in [3.63, 3.8) is 0 Å². The summed E-state index contributed by atoms with van der Waals surface area (Å²) in [6.45, 7) is 6.76. The van der Waals surface area contributed by atoms with Crippen LogP contribution >= 0.6 is 0 Å². The Labute approximate surface area is 108 Å². The highest BCUT2D eigenvalue weighted by Crippen LogP contribution is 2.28. The van der Waals surface area contributed by atoms with E-state index in [-0.39, 0.29) is 5.97 Å². The van der Waals surface area contributed by atoms with Crippen LogP contribution in [0.4, 0.5) is 0 Å². The summed E-state index contributed by atoms with van der Waals surface area (Å²) in [4.78, 5) is 11.4. The third-order valence-electron chi connectivity index (χ3n) is 2.06. The predicted octanol–water partition coefficient (Wildman–Crippen LogP) is 3.00. The van der Waals surface area contributed by atoms with E-state index in [1.807, 2.05) is 20.8 Å². The summed E-state index contributed by atoms with van der Waals surface area (Å²) >= 11 is 0. The minimum Gasteiger partial charge on any atom is -0.494 e. The van der Waals surface area contributed by atoms with Gasteiger partial charge in [-0.3, -0.25) is 4.79 Å². The maximum absolute atomic E-state index is 11.4. The van der Waals surface area contributed by atoms with Gasteiger partial charge in [0.05, 0.1) is 19.6 Å². The molecule has 0 N–H and O–H groups in total. The van der Waals surface area contributed by atoms with Gasteiger partial charge in [-0.25, -0.2) is 0 Å². The van der Waals surface area contributed by atoms with Crippen molar-refractivity contribution in [2.75, 3.05) is 13.2 Å². The van der Waals surface area contributed by atoms with Crippen LogP contribution in [-0.2, 0) is 4.79 Å². The fraction of sp³-hybridized carbons (Fsp3) is 0.429. The lowest BCUT2D eigenvalue weighted by molar-refractivity contribution is -0.130. The van der Waals surface area contributed by atoms with Crippen LogP contribution in [0.15, 0.2) is 18.2 Å². The van der Waals surface area contributed by atoms with Crippen molar-refractivity contribution in [3.05, 3.63) is 24.6 Å². The summed E-state index contributed by atoms with van der Waals surface area (Å²) in [5.41, 5.74) is 0. The topological polar surface area (TPSA) is 44.8 Å². The number of esters is 1. The van der Waals surface area contributed by atoms with E-state index in [1.54, 1.807) is 18.2 Å². The van der Waals surface area contributed by atoms with Crippen molar-refractivity contribution in [1.29, 1.82) is 0 Å². The largest absolute Gasteiger partial charge is 0.494 e. The zero-order chi connectivity index (χ0) is 13.4. The molecule has 99 valence electrons. The van der Waals surface area contributed by atoms with Gasteiger partial charge in [0.2, 0.25) is 0 Å². The fourth-order valence-corrected chi connectivity index (χ4v) is 1.43. The molecule has 0 amide bonds. The van der Waals surface area contributed by atoms with Crippen LogP contribution in [0.2, 0.25) is 0 Å². The predicted molar refractivity (Wildman–Crippen MR) is 69.0 cm³/mol. The molecule has 0 unspecified atom stereocenters. The van der Waals surface area contributed by atoms with Gasteiger partial charge in [0.25, 0.3) is 0 Å². The van der Waals surface area contributed by atoms with Crippen LogP contribution in [0.5, 0.6) is 17.2 Å². The summed E-state index contributed by atoms with van der Waals surface area (Å²) in [5.74, 6) is 1.32. The molecule has 4 heteroatoms. The van der Waals surface area contributed by atoms with E-state index in [9.17, 15) is 4.79 Å². The molecule has 0 bridgehead atoms. The van der Waals surface area contributed by atoms with Crippen molar-refractivity contribution in [1.82, 2.24) is 0 Å². The van der Waals surface area contributed by atoms with Gasteiger partial charge in [0, 0.05) is 18.2 Å². The highest BCUT2D eigenvalue weighted by atomic mass is 16.5. The van der Waals surface area contributed by atoms with Crippen LogP contribution in [0.3, 0.4) is 0 Å². The summed E-state index contributed by atoms with van der Waals surface area (Å²) < 4.78 is 16.0. The quantitative estimate of drug-likeness (QED) is 0.552. The fourth-order valence-electron chi connectivity index (χ4n) is 1.43. The van der Waals surface area contributed by atoms with Gasteiger partial charge >= 0.3 is 5.97 Å². The molecule has 0 aliphatic carbocycles. The molecule has 0 heterocycles. The Morgan fingerprint density at radius 3 is 1.94 bits per heavy atom. The van der Waals surface area contributed by atoms with E-state index >= 15 is 0 Å². The van der Waals surface area contributed by atoms with E-state index < -0.39 is 0 Å². The Morgan fingerprint density at radius 2 is 1.50 bits per heavy atom. The SMILES string of the molecule is CC[CH]C(=O)Oc1cc(OCC)cc(OCC)c1. The molecule has 0 aliphatic rings. The summed E-state index contributed by atoms with van der Waals surface area (Å²) in [5, 5.41) is 0. The first-order valence-electron chi connectivity index (χ1n) is 6.15. The minimum absolute atomic E-state index is 0.367. The number of benzene rings is 1. The van der Waals surface area contributed by atoms with E-state index in [0.29, 0.717) is 36.9 Å². The highest BCUT2D eigenvalue weighted by molar-refractivity contribution is 5.81. The number of hydrogen-bond acceptors (Lipinski definition) is 4. The molecule has 1 rings (SSSR count). The monoisotopic (exact) mass is 251 g/mol. The summed E-state index contributed by atoms with van der Waals surface area (Å²) in [6.07, 6.45) is 2.12. The van der Waals surface area contributed by atoms with Crippen LogP contribution in [0.1, 0.15) is 27.2 Å². The van der Waals surface area contributed by atoms with Crippen LogP contribution in [0.25, 0.3) is 0 Å². The Morgan fingerprint density at radius 1 is 1.00 bits per heavy atom. The van der Waals surface area contributed by atoms with Crippen molar-refractivity contribution in [3.8, 4) is 17.2 Å². The molecule has 0 aliphatic heterocycles. The molecule has 1 aromatic carbocycles. The second kappa shape index (κ2) is 7.58. The van der Waals surface area contributed by atoms with E-state index in [0.717, 1.165) is 0 Å². The lowest BCUT2D eigenvalue weighted by Gasteiger charge is -2.10. The van der Waals surface area contributed by atoms with Crippen LogP contribution in [0, 0.1) is 6.42 Å². The normalized spacial score (nSPS) is 9.94. The van der Waals surface area contributed by atoms with Crippen molar-refractivity contribution >= 4 is 5.97 Å².